The van der Waals surface area contributed by atoms with Gasteiger partial charge in [-0.05, 0) is 34.1 Å². The van der Waals surface area contributed by atoms with Crippen molar-refractivity contribution in [3.8, 4) is 5.75 Å². The van der Waals surface area contributed by atoms with Crippen LogP contribution in [0.2, 0.25) is 0 Å². The highest BCUT2D eigenvalue weighted by Crippen LogP contribution is 2.27. The number of carbonyl (C=O) groups excluding carboxylic acids is 1. The van der Waals surface area contributed by atoms with Crippen LogP contribution in [0, 0.1) is 0 Å². The molecule has 1 fully saturated rings. The normalized spacial score (nSPS) is 15.0. The fraction of sp³-hybridized carbons (Fsp3) is 0.308. The third-order valence-corrected chi connectivity index (χ3v) is 4.06. The Labute approximate surface area is 124 Å². The number of rotatable bonds is 3. The lowest BCUT2D eigenvalue weighted by atomic mass is 10.1. The molecule has 0 radical (unpaired) electrons. The molecule has 2 aromatic rings. The summed E-state index contributed by atoms with van der Waals surface area (Å²) in [6.45, 7) is 1.29. The Morgan fingerprint density at radius 3 is 2.90 bits per heavy atom. The Morgan fingerprint density at radius 1 is 1.45 bits per heavy atom. The van der Waals surface area contributed by atoms with E-state index in [1.165, 1.54) is 0 Å². The third kappa shape index (κ3) is 2.29. The van der Waals surface area contributed by atoms with Gasteiger partial charge in [0.05, 0.1) is 24.9 Å². The number of likely N-dealkylation sites (tertiary alicyclic amines) is 1. The smallest absolute Gasteiger partial charge is 0.255 e. The first kappa shape index (κ1) is 13.1. The van der Waals surface area contributed by atoms with Crippen LogP contribution in [0.1, 0.15) is 16.4 Å². The second-order valence-electron chi connectivity index (χ2n) is 4.59. The summed E-state index contributed by atoms with van der Waals surface area (Å²) in [5.74, 6) is 0.664. The minimum atomic E-state index is -0.00728. The Kier molecular flexibility index (Phi) is 3.43. The molecule has 20 heavy (non-hydrogen) atoms. The number of hydrogen-bond acceptors (Lipinski definition) is 4. The number of benzene rings is 1. The fourth-order valence-corrected chi connectivity index (χ4v) is 2.58. The Balaban J connectivity index is 1.72. The molecule has 1 aliphatic rings. The van der Waals surface area contributed by atoms with Gasteiger partial charge in [0, 0.05) is 23.8 Å². The maximum absolute atomic E-state index is 12.4. The number of nitrogens with zero attached hydrogens (tertiary/aromatic N) is 4. The van der Waals surface area contributed by atoms with Crippen molar-refractivity contribution in [2.75, 3.05) is 20.2 Å². The maximum atomic E-state index is 12.4. The summed E-state index contributed by atoms with van der Waals surface area (Å²) in [7, 11) is 1.59. The number of carbonyl (C=O) groups is 1. The molecule has 0 saturated carbocycles. The molecule has 0 bridgehead atoms. The van der Waals surface area contributed by atoms with E-state index in [1.807, 2.05) is 18.3 Å². The van der Waals surface area contributed by atoms with Gasteiger partial charge in [-0.15, -0.1) is 5.10 Å². The topological polar surface area (TPSA) is 60.2 Å². The molecule has 0 spiro atoms. The molecular weight excluding hydrogens is 324 g/mol. The Bertz CT molecular complexity index is 623. The van der Waals surface area contributed by atoms with Gasteiger partial charge in [0.2, 0.25) is 0 Å². The minimum absolute atomic E-state index is 0.00728. The van der Waals surface area contributed by atoms with Crippen molar-refractivity contribution >= 4 is 21.8 Å². The summed E-state index contributed by atoms with van der Waals surface area (Å²) in [5.41, 5.74) is 0.612. The average molecular weight is 337 g/mol. The zero-order valence-electron chi connectivity index (χ0n) is 10.9. The van der Waals surface area contributed by atoms with Crippen molar-refractivity contribution < 1.29 is 9.53 Å². The first-order chi connectivity index (χ1) is 9.69. The van der Waals surface area contributed by atoms with E-state index in [4.69, 9.17) is 4.74 Å². The van der Waals surface area contributed by atoms with E-state index in [0.717, 1.165) is 4.47 Å². The number of methoxy groups -OCH3 is 1. The molecule has 104 valence electrons. The molecule has 0 aliphatic carbocycles. The van der Waals surface area contributed by atoms with Gasteiger partial charge in [0.25, 0.3) is 5.91 Å². The van der Waals surface area contributed by atoms with Crippen LogP contribution in [0.4, 0.5) is 0 Å². The average Bonchev–Trinajstić information content (AvgIpc) is 2.91. The summed E-state index contributed by atoms with van der Waals surface area (Å²) in [4.78, 5) is 14.2. The SMILES string of the molecule is COc1ccc(Br)c(C(=O)N2CC(n3ccnn3)C2)c1. The number of amides is 1. The second kappa shape index (κ2) is 5.24. The number of hydrogen-bond donors (Lipinski definition) is 0. The molecule has 3 rings (SSSR count). The van der Waals surface area contributed by atoms with Gasteiger partial charge in [0.15, 0.2) is 0 Å². The van der Waals surface area contributed by atoms with Crippen LogP contribution in [0.15, 0.2) is 35.1 Å². The molecule has 1 aromatic heterocycles. The predicted octanol–water partition coefficient (Wildman–Crippen LogP) is 1.75. The highest BCUT2D eigenvalue weighted by Gasteiger charge is 2.33. The minimum Gasteiger partial charge on any atom is -0.497 e. The first-order valence-corrected chi connectivity index (χ1v) is 6.97. The highest BCUT2D eigenvalue weighted by atomic mass is 79.9. The molecular formula is C13H13BrN4O2. The van der Waals surface area contributed by atoms with Gasteiger partial charge in [0.1, 0.15) is 5.75 Å². The van der Waals surface area contributed by atoms with Crippen LogP contribution in [0.5, 0.6) is 5.75 Å². The summed E-state index contributed by atoms with van der Waals surface area (Å²) >= 11 is 3.41. The predicted molar refractivity (Wildman–Crippen MR) is 75.7 cm³/mol. The quantitative estimate of drug-likeness (QED) is 0.856. The third-order valence-electron chi connectivity index (χ3n) is 3.37. The number of halogens is 1. The van der Waals surface area contributed by atoms with Gasteiger partial charge < -0.3 is 9.64 Å². The van der Waals surface area contributed by atoms with E-state index in [-0.39, 0.29) is 11.9 Å². The molecule has 1 aliphatic heterocycles. The summed E-state index contributed by atoms with van der Waals surface area (Å²) in [5, 5.41) is 7.72. The van der Waals surface area contributed by atoms with E-state index in [0.29, 0.717) is 24.4 Å². The van der Waals surface area contributed by atoms with Crippen LogP contribution >= 0.6 is 15.9 Å². The molecule has 1 amide bonds. The van der Waals surface area contributed by atoms with Gasteiger partial charge >= 0.3 is 0 Å². The van der Waals surface area contributed by atoms with Crippen LogP contribution < -0.4 is 4.74 Å². The van der Waals surface area contributed by atoms with Crippen LogP contribution in [0.25, 0.3) is 0 Å². The molecule has 6 nitrogen and oxygen atoms in total. The lowest BCUT2D eigenvalue weighted by molar-refractivity contribution is 0.0497. The molecule has 0 N–H and O–H groups in total. The molecule has 7 heteroatoms. The standard InChI is InChI=1S/C13H13BrN4O2/c1-20-10-2-3-12(14)11(6-10)13(19)17-7-9(8-17)18-5-4-15-16-18/h2-6,9H,7-8H2,1H3. The van der Waals surface area contributed by atoms with Crippen molar-refractivity contribution in [2.45, 2.75) is 6.04 Å². The fourth-order valence-electron chi connectivity index (χ4n) is 2.17. The van der Waals surface area contributed by atoms with Gasteiger partial charge in [-0.2, -0.15) is 0 Å². The molecule has 1 aromatic carbocycles. The first-order valence-electron chi connectivity index (χ1n) is 6.17. The number of aromatic nitrogens is 3. The summed E-state index contributed by atoms with van der Waals surface area (Å²) in [6, 6.07) is 5.59. The zero-order chi connectivity index (χ0) is 14.1. The van der Waals surface area contributed by atoms with Gasteiger partial charge in [-0.25, -0.2) is 4.68 Å². The van der Waals surface area contributed by atoms with Crippen molar-refractivity contribution in [1.29, 1.82) is 0 Å². The summed E-state index contributed by atoms with van der Waals surface area (Å²) in [6.07, 6.45) is 3.46. The lowest BCUT2D eigenvalue weighted by Gasteiger charge is -2.39. The Hall–Kier alpha value is -1.89. The molecule has 0 atom stereocenters. The molecule has 2 heterocycles. The second-order valence-corrected chi connectivity index (χ2v) is 5.45. The molecule has 0 unspecified atom stereocenters. The Morgan fingerprint density at radius 2 is 2.25 bits per heavy atom. The monoisotopic (exact) mass is 336 g/mol. The van der Waals surface area contributed by atoms with E-state index in [2.05, 4.69) is 26.2 Å². The van der Waals surface area contributed by atoms with Crippen molar-refractivity contribution in [3.63, 3.8) is 0 Å². The van der Waals surface area contributed by atoms with Crippen LogP contribution in [-0.2, 0) is 0 Å². The zero-order valence-corrected chi connectivity index (χ0v) is 12.4. The van der Waals surface area contributed by atoms with Gasteiger partial charge in [-0.1, -0.05) is 5.21 Å². The van der Waals surface area contributed by atoms with E-state index < -0.39 is 0 Å². The van der Waals surface area contributed by atoms with Crippen molar-refractivity contribution in [1.82, 2.24) is 19.9 Å². The highest BCUT2D eigenvalue weighted by molar-refractivity contribution is 9.10. The van der Waals surface area contributed by atoms with Crippen LogP contribution in [-0.4, -0.2) is 46.0 Å². The van der Waals surface area contributed by atoms with Crippen molar-refractivity contribution in [3.05, 3.63) is 40.6 Å². The summed E-state index contributed by atoms with van der Waals surface area (Å²) < 4.78 is 7.71. The lowest BCUT2D eigenvalue weighted by Crippen LogP contribution is -2.51. The maximum Gasteiger partial charge on any atom is 0.255 e. The largest absolute Gasteiger partial charge is 0.497 e. The number of ether oxygens (including phenoxy) is 1. The molecule has 1 saturated heterocycles. The van der Waals surface area contributed by atoms with E-state index >= 15 is 0 Å². The van der Waals surface area contributed by atoms with E-state index in [9.17, 15) is 4.79 Å². The van der Waals surface area contributed by atoms with Gasteiger partial charge in [-0.3, -0.25) is 4.79 Å². The van der Waals surface area contributed by atoms with Crippen LogP contribution in [0.3, 0.4) is 0 Å². The van der Waals surface area contributed by atoms with E-state index in [1.54, 1.807) is 29.0 Å². The van der Waals surface area contributed by atoms with Crippen molar-refractivity contribution in [2.24, 2.45) is 0 Å².